The zero-order valence-electron chi connectivity index (χ0n) is 11.0. The van der Waals surface area contributed by atoms with Gasteiger partial charge in [0, 0.05) is 24.1 Å². The fraction of sp³-hybridized carbons (Fsp3) is 0.214. The molecule has 0 atom stereocenters. The van der Waals surface area contributed by atoms with E-state index in [0.717, 1.165) is 0 Å². The second kappa shape index (κ2) is 7.43. The number of rotatable bonds is 4. The number of carbonyl (C=O) groups is 1. The molecule has 0 spiro atoms. The van der Waals surface area contributed by atoms with Crippen LogP contribution in [0.2, 0.25) is 5.02 Å². The van der Waals surface area contributed by atoms with Gasteiger partial charge in [-0.25, -0.2) is 0 Å². The third kappa shape index (κ3) is 4.31. The quantitative estimate of drug-likeness (QED) is 0.824. The Morgan fingerprint density at radius 3 is 3.00 bits per heavy atom. The first-order valence-corrected chi connectivity index (χ1v) is 6.51. The van der Waals surface area contributed by atoms with Crippen molar-refractivity contribution in [1.82, 2.24) is 15.5 Å². The molecule has 0 saturated heterocycles. The molecule has 0 fully saturated rings. The van der Waals surface area contributed by atoms with Crippen LogP contribution in [-0.4, -0.2) is 34.3 Å². The Morgan fingerprint density at radius 1 is 1.48 bits per heavy atom. The molecule has 0 aliphatic carbocycles. The number of hydrogen-bond acceptors (Lipinski definition) is 5. The van der Waals surface area contributed by atoms with E-state index in [9.17, 15) is 4.79 Å². The van der Waals surface area contributed by atoms with Crippen LogP contribution in [0, 0.1) is 11.8 Å². The summed E-state index contributed by atoms with van der Waals surface area (Å²) >= 11 is 6.03. The van der Waals surface area contributed by atoms with E-state index in [2.05, 4.69) is 27.3 Å². The highest BCUT2D eigenvalue weighted by Crippen LogP contribution is 2.17. The van der Waals surface area contributed by atoms with Crippen molar-refractivity contribution in [2.24, 2.45) is 0 Å². The van der Waals surface area contributed by atoms with Gasteiger partial charge in [-0.05, 0) is 18.2 Å². The number of halogens is 1. The lowest BCUT2D eigenvalue weighted by atomic mass is 10.1. The lowest BCUT2D eigenvalue weighted by molar-refractivity contribution is 0.0953. The molecule has 2 aromatic rings. The largest absolute Gasteiger partial charge is 0.384 e. The maximum Gasteiger partial charge on any atom is 0.251 e. The van der Waals surface area contributed by atoms with E-state index in [1.54, 1.807) is 12.1 Å². The highest BCUT2D eigenvalue weighted by Gasteiger charge is 2.08. The lowest BCUT2D eigenvalue weighted by Gasteiger charge is -2.05. The van der Waals surface area contributed by atoms with E-state index in [1.807, 2.05) is 0 Å². The van der Waals surface area contributed by atoms with Crippen LogP contribution in [0.15, 0.2) is 29.0 Å². The molecule has 0 bridgehead atoms. The highest BCUT2D eigenvalue weighted by atomic mass is 35.5. The summed E-state index contributed by atoms with van der Waals surface area (Å²) in [5.41, 5.74) is 0.994. The number of hydrogen-bond donors (Lipinski definition) is 2. The first kappa shape index (κ1) is 15.0. The number of nitrogens with zero attached hydrogens (tertiary/aromatic N) is 2. The van der Waals surface area contributed by atoms with Crippen LogP contribution in [0.5, 0.6) is 0 Å². The van der Waals surface area contributed by atoms with Crippen molar-refractivity contribution in [3.63, 3.8) is 0 Å². The number of amides is 1. The molecule has 0 aliphatic rings. The Bertz CT molecular complexity index is 675. The molecule has 0 unspecified atom stereocenters. The molecule has 1 aromatic carbocycles. The van der Waals surface area contributed by atoms with Crippen LogP contribution in [0.4, 0.5) is 0 Å². The fourth-order valence-corrected chi connectivity index (χ4v) is 1.81. The van der Waals surface area contributed by atoms with Crippen LogP contribution >= 0.6 is 11.6 Å². The molecule has 2 N–H and O–H groups in total. The predicted octanol–water partition coefficient (Wildman–Crippen LogP) is 1.04. The molecule has 108 valence electrons. The Kier molecular flexibility index (Phi) is 5.32. The second-order valence-electron chi connectivity index (χ2n) is 4.00. The smallest absolute Gasteiger partial charge is 0.251 e. The molecule has 7 heteroatoms. The summed E-state index contributed by atoms with van der Waals surface area (Å²) in [4.78, 5) is 15.8. The minimum atomic E-state index is -0.252. The van der Waals surface area contributed by atoms with Gasteiger partial charge in [0.1, 0.15) is 6.61 Å². The van der Waals surface area contributed by atoms with Crippen LogP contribution in [-0.2, 0) is 6.42 Å². The molecule has 1 aromatic heterocycles. The first-order chi connectivity index (χ1) is 10.2. The molecule has 6 nitrogen and oxygen atoms in total. The monoisotopic (exact) mass is 305 g/mol. The first-order valence-electron chi connectivity index (χ1n) is 6.13. The average Bonchev–Trinajstić information content (AvgIpc) is 2.99. The SMILES string of the molecule is O=C(NCCc1ncno1)c1ccc(C#CCO)c(Cl)c1. The third-order valence-corrected chi connectivity index (χ3v) is 2.88. The summed E-state index contributed by atoms with van der Waals surface area (Å²) < 4.78 is 4.82. The van der Waals surface area contributed by atoms with Crippen molar-refractivity contribution in [3.05, 3.63) is 46.6 Å². The van der Waals surface area contributed by atoms with E-state index in [1.165, 1.54) is 12.4 Å². The number of carbonyl (C=O) groups excluding carboxylic acids is 1. The topological polar surface area (TPSA) is 88.3 Å². The molecular formula is C14H12ClN3O3. The molecule has 21 heavy (non-hydrogen) atoms. The minimum Gasteiger partial charge on any atom is -0.384 e. The molecule has 2 rings (SSSR count). The van der Waals surface area contributed by atoms with Crippen molar-refractivity contribution in [2.45, 2.75) is 6.42 Å². The maximum atomic E-state index is 11.9. The van der Waals surface area contributed by atoms with Crippen molar-refractivity contribution >= 4 is 17.5 Å². The van der Waals surface area contributed by atoms with Gasteiger partial charge < -0.3 is 14.9 Å². The number of benzene rings is 1. The lowest BCUT2D eigenvalue weighted by Crippen LogP contribution is -2.25. The summed E-state index contributed by atoms with van der Waals surface area (Å²) in [6.45, 7) is 0.138. The Hall–Kier alpha value is -2.36. The van der Waals surface area contributed by atoms with Crippen LogP contribution < -0.4 is 5.32 Å². The number of aliphatic hydroxyl groups excluding tert-OH is 1. The summed E-state index contributed by atoms with van der Waals surface area (Å²) in [6, 6.07) is 4.79. The van der Waals surface area contributed by atoms with Crippen LogP contribution in [0.1, 0.15) is 21.8 Å². The Labute approximate surface area is 126 Å². The standard InChI is InChI=1S/C14H12ClN3O3/c15-12-8-11(4-3-10(12)2-1-7-19)14(20)16-6-5-13-17-9-18-21-13/h3-4,8-9,19H,5-7H2,(H,16,20). The molecule has 0 saturated carbocycles. The highest BCUT2D eigenvalue weighted by molar-refractivity contribution is 6.32. The number of nitrogens with one attached hydrogen (secondary N) is 1. The van der Waals surface area contributed by atoms with Crippen molar-refractivity contribution in [3.8, 4) is 11.8 Å². The van der Waals surface area contributed by atoms with E-state index in [0.29, 0.717) is 35.0 Å². The van der Waals surface area contributed by atoms with Gasteiger partial charge in [-0.3, -0.25) is 4.79 Å². The summed E-state index contributed by atoms with van der Waals surface area (Å²) in [7, 11) is 0. The molecule has 1 heterocycles. The number of aromatic nitrogens is 2. The molecule has 0 aliphatic heterocycles. The van der Waals surface area contributed by atoms with Crippen molar-refractivity contribution in [1.29, 1.82) is 0 Å². The Balaban J connectivity index is 1.94. The van der Waals surface area contributed by atoms with Crippen molar-refractivity contribution in [2.75, 3.05) is 13.2 Å². The summed E-state index contributed by atoms with van der Waals surface area (Å²) in [6.07, 6.45) is 1.77. The summed E-state index contributed by atoms with van der Waals surface area (Å²) in [5, 5.41) is 15.2. The normalized spacial score (nSPS) is 9.81. The minimum absolute atomic E-state index is 0.242. The van der Waals surface area contributed by atoms with Gasteiger partial charge in [0.05, 0.1) is 5.02 Å². The van der Waals surface area contributed by atoms with Gasteiger partial charge in [0.2, 0.25) is 5.89 Å². The zero-order chi connectivity index (χ0) is 15.1. The van der Waals surface area contributed by atoms with Gasteiger partial charge in [-0.15, -0.1) is 0 Å². The third-order valence-electron chi connectivity index (χ3n) is 2.56. The molecule has 1 amide bonds. The molecule has 0 radical (unpaired) electrons. The zero-order valence-corrected chi connectivity index (χ0v) is 11.7. The average molecular weight is 306 g/mol. The summed E-state index contributed by atoms with van der Waals surface area (Å²) in [5.74, 6) is 5.41. The predicted molar refractivity (Wildman–Crippen MR) is 75.8 cm³/mol. The second-order valence-corrected chi connectivity index (χ2v) is 4.40. The number of aliphatic hydroxyl groups is 1. The van der Waals surface area contributed by atoms with E-state index in [4.69, 9.17) is 21.2 Å². The van der Waals surface area contributed by atoms with Gasteiger partial charge in [-0.1, -0.05) is 28.6 Å². The Morgan fingerprint density at radius 2 is 2.33 bits per heavy atom. The van der Waals surface area contributed by atoms with Gasteiger partial charge in [0.15, 0.2) is 6.33 Å². The van der Waals surface area contributed by atoms with E-state index < -0.39 is 0 Å². The van der Waals surface area contributed by atoms with Crippen LogP contribution in [0.25, 0.3) is 0 Å². The fourth-order valence-electron chi connectivity index (χ4n) is 1.58. The van der Waals surface area contributed by atoms with Gasteiger partial charge >= 0.3 is 0 Å². The molecular weight excluding hydrogens is 294 g/mol. The van der Waals surface area contributed by atoms with E-state index in [-0.39, 0.29) is 12.5 Å². The van der Waals surface area contributed by atoms with Crippen molar-refractivity contribution < 1.29 is 14.4 Å². The van der Waals surface area contributed by atoms with Gasteiger partial charge in [-0.2, -0.15) is 4.98 Å². The van der Waals surface area contributed by atoms with E-state index >= 15 is 0 Å². The van der Waals surface area contributed by atoms with Crippen LogP contribution in [0.3, 0.4) is 0 Å². The maximum absolute atomic E-state index is 11.9. The van der Waals surface area contributed by atoms with Gasteiger partial charge in [0.25, 0.3) is 5.91 Å².